The van der Waals surface area contributed by atoms with Gasteiger partial charge in [0.05, 0.1) is 18.3 Å². The fourth-order valence-corrected chi connectivity index (χ4v) is 4.21. The van der Waals surface area contributed by atoms with E-state index in [1.54, 1.807) is 6.92 Å². The molecule has 3 rings (SSSR count). The molecule has 4 atom stereocenters. The minimum absolute atomic E-state index is 0.124. The van der Waals surface area contributed by atoms with E-state index >= 15 is 0 Å². The second kappa shape index (κ2) is 4.31. The van der Waals surface area contributed by atoms with Gasteiger partial charge in [-0.25, -0.2) is 0 Å². The number of hydrogen-bond acceptors (Lipinski definition) is 3. The smallest absolute Gasteiger partial charge is 0.118 e. The van der Waals surface area contributed by atoms with Crippen LogP contribution in [0.25, 0.3) is 0 Å². The average Bonchev–Trinajstić information content (AvgIpc) is 2.99. The third-order valence-electron chi connectivity index (χ3n) is 4.67. The van der Waals surface area contributed by atoms with Gasteiger partial charge in [-0.15, -0.1) is 0 Å². The lowest BCUT2D eigenvalue weighted by Gasteiger charge is -2.42. The van der Waals surface area contributed by atoms with Crippen molar-refractivity contribution in [2.24, 2.45) is 5.41 Å². The fourth-order valence-electron chi connectivity index (χ4n) is 3.54. The van der Waals surface area contributed by atoms with Crippen molar-refractivity contribution < 1.29 is 9.84 Å². The first kappa shape index (κ1) is 13.1. The van der Waals surface area contributed by atoms with Gasteiger partial charge in [-0.05, 0) is 37.8 Å². The zero-order valence-electron chi connectivity index (χ0n) is 10.8. The Labute approximate surface area is 121 Å². The van der Waals surface area contributed by atoms with Gasteiger partial charge in [-0.1, -0.05) is 34.1 Å². The van der Waals surface area contributed by atoms with Gasteiger partial charge in [-0.2, -0.15) is 5.26 Å². The summed E-state index contributed by atoms with van der Waals surface area (Å²) < 4.78 is 6.66. The van der Waals surface area contributed by atoms with Gasteiger partial charge < -0.3 is 9.84 Å². The largest absolute Gasteiger partial charge is 0.384 e. The van der Waals surface area contributed by atoms with Crippen LogP contribution in [0.2, 0.25) is 0 Å². The Morgan fingerprint density at radius 2 is 2.21 bits per heavy atom. The summed E-state index contributed by atoms with van der Waals surface area (Å²) in [4.78, 5) is 0. The summed E-state index contributed by atoms with van der Waals surface area (Å²) in [6.45, 7) is 1.74. The number of benzene rings is 1. The maximum absolute atomic E-state index is 11.1. The summed E-state index contributed by atoms with van der Waals surface area (Å²) in [7, 11) is 0. The van der Waals surface area contributed by atoms with Crippen molar-refractivity contribution in [3.8, 4) is 6.07 Å². The SMILES string of the molecule is CC(O)(c1ccccc1Br)C1(C#N)CC2CCC1O2. The van der Waals surface area contributed by atoms with Gasteiger partial charge >= 0.3 is 0 Å². The first-order valence-corrected chi connectivity index (χ1v) is 7.34. The Hall–Kier alpha value is -0.890. The van der Waals surface area contributed by atoms with E-state index in [0.29, 0.717) is 6.42 Å². The molecule has 2 fully saturated rings. The van der Waals surface area contributed by atoms with Crippen LogP contribution in [0.15, 0.2) is 28.7 Å². The van der Waals surface area contributed by atoms with E-state index in [1.807, 2.05) is 24.3 Å². The van der Waals surface area contributed by atoms with Gasteiger partial charge in [0.25, 0.3) is 0 Å². The minimum Gasteiger partial charge on any atom is -0.384 e. The van der Waals surface area contributed by atoms with Crippen LogP contribution < -0.4 is 0 Å². The molecule has 100 valence electrons. The highest BCUT2D eigenvalue weighted by atomic mass is 79.9. The van der Waals surface area contributed by atoms with Gasteiger partial charge in [0.2, 0.25) is 0 Å². The molecule has 2 heterocycles. The molecule has 1 aromatic rings. The second-order valence-electron chi connectivity index (χ2n) is 5.66. The molecule has 2 aliphatic heterocycles. The van der Waals surface area contributed by atoms with E-state index < -0.39 is 11.0 Å². The molecular formula is C15H16BrNO2. The van der Waals surface area contributed by atoms with Crippen molar-refractivity contribution in [2.75, 3.05) is 0 Å². The number of aliphatic hydroxyl groups is 1. The number of nitrogens with zero attached hydrogens (tertiary/aromatic N) is 1. The molecule has 19 heavy (non-hydrogen) atoms. The molecule has 0 radical (unpaired) electrons. The Morgan fingerprint density at radius 1 is 1.47 bits per heavy atom. The third kappa shape index (κ3) is 1.69. The lowest BCUT2D eigenvalue weighted by molar-refractivity contribution is -0.0778. The maximum atomic E-state index is 11.1. The van der Waals surface area contributed by atoms with Gasteiger partial charge in [0, 0.05) is 4.47 Å². The standard InChI is InChI=1S/C15H16BrNO2/c1-14(18,11-4-2-3-5-12(11)16)15(9-17)8-10-6-7-13(15)19-10/h2-5,10,13,18H,6-8H2,1H3. The number of halogens is 1. The van der Waals surface area contributed by atoms with Crippen molar-refractivity contribution in [2.45, 2.75) is 44.0 Å². The third-order valence-corrected chi connectivity index (χ3v) is 5.36. The van der Waals surface area contributed by atoms with Crippen LogP contribution in [0.1, 0.15) is 31.7 Å². The molecule has 2 bridgehead atoms. The summed E-state index contributed by atoms with van der Waals surface area (Å²) in [5.41, 5.74) is -1.31. The quantitative estimate of drug-likeness (QED) is 0.910. The van der Waals surface area contributed by atoms with Crippen molar-refractivity contribution in [3.05, 3.63) is 34.3 Å². The Morgan fingerprint density at radius 3 is 2.74 bits per heavy atom. The normalized spacial score (nSPS) is 35.9. The molecule has 2 aliphatic rings. The summed E-state index contributed by atoms with van der Waals surface area (Å²) in [5.74, 6) is 0. The molecule has 0 aromatic heterocycles. The van der Waals surface area contributed by atoms with Crippen LogP contribution in [0, 0.1) is 16.7 Å². The van der Waals surface area contributed by atoms with Crippen LogP contribution in [-0.2, 0) is 10.3 Å². The molecule has 1 aromatic carbocycles. The number of hydrogen-bond donors (Lipinski definition) is 1. The number of fused-ring (bicyclic) bond motifs is 2. The molecule has 4 heteroatoms. The number of rotatable bonds is 2. The summed E-state index contributed by atoms with van der Waals surface area (Å²) in [6, 6.07) is 9.93. The first-order chi connectivity index (χ1) is 9.01. The van der Waals surface area contributed by atoms with E-state index in [2.05, 4.69) is 22.0 Å². The predicted octanol–water partition coefficient (Wildman–Crippen LogP) is 3.12. The monoisotopic (exact) mass is 321 g/mol. The Kier molecular flexibility index (Phi) is 2.97. The highest BCUT2D eigenvalue weighted by Gasteiger charge is 2.62. The van der Waals surface area contributed by atoms with Gasteiger partial charge in [0.1, 0.15) is 11.0 Å². The number of nitriles is 1. The van der Waals surface area contributed by atoms with Gasteiger partial charge in [0.15, 0.2) is 0 Å². The first-order valence-electron chi connectivity index (χ1n) is 6.55. The Bertz CT molecular complexity index is 551. The van der Waals surface area contributed by atoms with Crippen molar-refractivity contribution in [1.82, 2.24) is 0 Å². The number of ether oxygens (including phenoxy) is 1. The molecule has 3 nitrogen and oxygen atoms in total. The van der Waals surface area contributed by atoms with E-state index in [1.165, 1.54) is 0 Å². The van der Waals surface area contributed by atoms with Crippen LogP contribution >= 0.6 is 15.9 Å². The van der Waals surface area contributed by atoms with E-state index in [-0.39, 0.29) is 12.2 Å². The average molecular weight is 322 g/mol. The van der Waals surface area contributed by atoms with Crippen LogP contribution in [0.5, 0.6) is 0 Å². The van der Waals surface area contributed by atoms with Crippen molar-refractivity contribution in [3.63, 3.8) is 0 Å². The molecule has 0 saturated carbocycles. The molecular weight excluding hydrogens is 306 g/mol. The minimum atomic E-state index is -1.22. The van der Waals surface area contributed by atoms with E-state index in [9.17, 15) is 10.4 Å². The van der Waals surface area contributed by atoms with Crippen LogP contribution in [-0.4, -0.2) is 17.3 Å². The van der Waals surface area contributed by atoms with Gasteiger partial charge in [-0.3, -0.25) is 0 Å². The lowest BCUT2D eigenvalue weighted by atomic mass is 9.62. The lowest BCUT2D eigenvalue weighted by Crippen LogP contribution is -2.49. The summed E-state index contributed by atoms with van der Waals surface area (Å²) in [6.07, 6.45) is 2.43. The van der Waals surface area contributed by atoms with Crippen molar-refractivity contribution in [1.29, 1.82) is 5.26 Å². The van der Waals surface area contributed by atoms with Crippen LogP contribution in [0.4, 0.5) is 0 Å². The molecule has 1 N–H and O–H groups in total. The molecule has 4 unspecified atom stereocenters. The fraction of sp³-hybridized carbons (Fsp3) is 0.533. The zero-order chi connectivity index (χ0) is 13.7. The predicted molar refractivity (Wildman–Crippen MR) is 74.3 cm³/mol. The maximum Gasteiger partial charge on any atom is 0.118 e. The van der Waals surface area contributed by atoms with Crippen molar-refractivity contribution >= 4 is 15.9 Å². The highest BCUT2D eigenvalue weighted by molar-refractivity contribution is 9.10. The van der Waals surface area contributed by atoms with E-state index in [4.69, 9.17) is 4.74 Å². The second-order valence-corrected chi connectivity index (χ2v) is 6.52. The molecule has 0 aliphatic carbocycles. The topological polar surface area (TPSA) is 53.2 Å². The Balaban J connectivity index is 2.09. The zero-order valence-corrected chi connectivity index (χ0v) is 12.4. The van der Waals surface area contributed by atoms with E-state index in [0.717, 1.165) is 22.9 Å². The molecule has 2 saturated heterocycles. The summed E-state index contributed by atoms with van der Waals surface area (Å²) in [5, 5.41) is 20.8. The van der Waals surface area contributed by atoms with Crippen LogP contribution in [0.3, 0.4) is 0 Å². The molecule has 0 spiro atoms. The summed E-state index contributed by atoms with van der Waals surface area (Å²) >= 11 is 3.48. The highest BCUT2D eigenvalue weighted by Crippen LogP contribution is 2.57. The molecule has 0 amide bonds.